The van der Waals surface area contributed by atoms with Crippen LogP contribution in [-0.2, 0) is 13.0 Å². The fraction of sp³-hybridized carbons (Fsp3) is 0.207. The van der Waals surface area contributed by atoms with Gasteiger partial charge in [0.05, 0.1) is 12.6 Å². The van der Waals surface area contributed by atoms with Crippen molar-refractivity contribution in [1.29, 1.82) is 0 Å². The molecule has 0 aliphatic carbocycles. The normalized spacial score (nSPS) is 14.2. The van der Waals surface area contributed by atoms with Crippen molar-refractivity contribution in [2.45, 2.75) is 26.0 Å². The minimum Gasteiger partial charge on any atom is -0.389 e. The molecule has 166 valence electrons. The highest BCUT2D eigenvalue weighted by Crippen LogP contribution is 2.28. The van der Waals surface area contributed by atoms with Crippen LogP contribution in [0.5, 0.6) is 0 Å². The van der Waals surface area contributed by atoms with E-state index in [1.165, 1.54) is 11.3 Å². The number of para-hydroxylation sites is 2. The molecule has 0 amide bonds. The molecule has 5 rings (SSSR count). The summed E-state index contributed by atoms with van der Waals surface area (Å²) in [6, 6.07) is 24.2. The third-order valence-electron chi connectivity index (χ3n) is 6.39. The highest BCUT2D eigenvalue weighted by molar-refractivity contribution is 6.07. The number of carbonyl (C=O) groups excluding carboxylic acids is 1. The topological polar surface area (TPSA) is 45.5 Å². The molecule has 1 aliphatic heterocycles. The van der Waals surface area contributed by atoms with Crippen LogP contribution < -0.4 is 4.90 Å². The molecule has 4 aromatic rings. The zero-order valence-corrected chi connectivity index (χ0v) is 18.8. The first-order chi connectivity index (χ1) is 16.1. The number of carbonyl (C=O) groups is 1. The number of aromatic nitrogens is 1. The van der Waals surface area contributed by atoms with E-state index in [0.717, 1.165) is 35.0 Å². The first-order valence-electron chi connectivity index (χ1n) is 11.5. The van der Waals surface area contributed by atoms with Crippen LogP contribution in [0.2, 0.25) is 0 Å². The van der Waals surface area contributed by atoms with Gasteiger partial charge in [-0.05, 0) is 43.2 Å². The SMILES string of the molecule is Cc1ccc(C(=O)/C=C/c2cn(CC(O)CN3CCc4ccccc43)c3ccccc23)cc1. The number of hydrogen-bond acceptors (Lipinski definition) is 3. The van der Waals surface area contributed by atoms with E-state index in [9.17, 15) is 9.90 Å². The summed E-state index contributed by atoms with van der Waals surface area (Å²) in [6.45, 7) is 4.05. The van der Waals surface area contributed by atoms with E-state index in [1.807, 2.05) is 55.6 Å². The Balaban J connectivity index is 1.34. The van der Waals surface area contributed by atoms with Crippen LogP contribution in [-0.4, -0.2) is 34.7 Å². The third kappa shape index (κ3) is 4.48. The third-order valence-corrected chi connectivity index (χ3v) is 6.39. The van der Waals surface area contributed by atoms with E-state index >= 15 is 0 Å². The summed E-state index contributed by atoms with van der Waals surface area (Å²) in [5, 5.41) is 12.0. The Labute approximate surface area is 194 Å². The fourth-order valence-electron chi connectivity index (χ4n) is 4.67. The summed E-state index contributed by atoms with van der Waals surface area (Å²) in [4.78, 5) is 14.9. The van der Waals surface area contributed by atoms with Crippen molar-refractivity contribution < 1.29 is 9.90 Å². The molecular formula is C29H28N2O2. The number of nitrogens with zero attached hydrogens (tertiary/aromatic N) is 2. The summed E-state index contributed by atoms with van der Waals surface area (Å²) in [5.74, 6) is -0.0143. The van der Waals surface area contributed by atoms with Gasteiger partial charge < -0.3 is 14.6 Å². The van der Waals surface area contributed by atoms with Crippen LogP contribution in [0.4, 0.5) is 5.69 Å². The number of benzene rings is 3. The lowest BCUT2D eigenvalue weighted by molar-refractivity contribution is 0.104. The number of β-amino-alcohol motifs (C(OH)–C–C–N with tert-alkyl or cyclic N) is 1. The van der Waals surface area contributed by atoms with Gasteiger partial charge in [0, 0.05) is 47.0 Å². The first kappa shape index (κ1) is 21.2. The van der Waals surface area contributed by atoms with Crippen molar-refractivity contribution in [3.8, 4) is 0 Å². The molecule has 3 aromatic carbocycles. The van der Waals surface area contributed by atoms with Crippen molar-refractivity contribution in [3.05, 3.63) is 107 Å². The molecule has 0 fully saturated rings. The standard InChI is InChI=1S/C29H28N2O2/c1-21-10-12-23(13-11-21)29(33)15-14-24-18-31(28-9-5-3-7-26(24)28)20-25(32)19-30-17-16-22-6-2-4-8-27(22)30/h2-15,18,25,32H,16-17,19-20H2,1H3/b15-14+. The van der Waals surface area contributed by atoms with Crippen molar-refractivity contribution in [2.75, 3.05) is 18.0 Å². The predicted octanol–water partition coefficient (Wildman–Crippen LogP) is 5.27. The number of ketones is 1. The van der Waals surface area contributed by atoms with Gasteiger partial charge in [-0.25, -0.2) is 0 Å². The van der Waals surface area contributed by atoms with Gasteiger partial charge in [-0.3, -0.25) is 4.79 Å². The van der Waals surface area contributed by atoms with Crippen LogP contribution in [0.15, 0.2) is 85.1 Å². The molecular weight excluding hydrogens is 408 g/mol. The number of aliphatic hydroxyl groups excluding tert-OH is 1. The van der Waals surface area contributed by atoms with Gasteiger partial charge in [0.1, 0.15) is 0 Å². The summed E-state index contributed by atoms with van der Waals surface area (Å²) in [7, 11) is 0. The Bertz CT molecular complexity index is 1320. The van der Waals surface area contributed by atoms with Crippen LogP contribution >= 0.6 is 0 Å². The number of rotatable bonds is 7. The summed E-state index contributed by atoms with van der Waals surface area (Å²) in [5.41, 5.74) is 6.43. The molecule has 0 bridgehead atoms. The number of allylic oxidation sites excluding steroid dienone is 1. The molecule has 4 nitrogen and oxygen atoms in total. The minimum absolute atomic E-state index is 0.0143. The van der Waals surface area contributed by atoms with Crippen molar-refractivity contribution in [1.82, 2.24) is 4.57 Å². The average Bonchev–Trinajstić information content (AvgIpc) is 3.39. The minimum atomic E-state index is -0.502. The maximum atomic E-state index is 12.6. The highest BCUT2D eigenvalue weighted by atomic mass is 16.3. The molecule has 1 atom stereocenters. The quantitative estimate of drug-likeness (QED) is 0.317. The van der Waals surface area contributed by atoms with E-state index < -0.39 is 6.10 Å². The number of aryl methyl sites for hydroxylation is 1. The Morgan fingerprint density at radius 1 is 1.00 bits per heavy atom. The van der Waals surface area contributed by atoms with Crippen LogP contribution in [0.1, 0.15) is 27.0 Å². The maximum Gasteiger partial charge on any atom is 0.185 e. The Morgan fingerprint density at radius 2 is 1.76 bits per heavy atom. The van der Waals surface area contributed by atoms with Crippen molar-refractivity contribution in [3.63, 3.8) is 0 Å². The zero-order valence-electron chi connectivity index (χ0n) is 18.8. The molecule has 0 saturated heterocycles. The van der Waals surface area contributed by atoms with Gasteiger partial charge in [0.15, 0.2) is 5.78 Å². The second-order valence-electron chi connectivity index (χ2n) is 8.80. The number of hydrogen-bond donors (Lipinski definition) is 1. The predicted molar refractivity (Wildman–Crippen MR) is 135 cm³/mol. The molecule has 0 radical (unpaired) electrons. The van der Waals surface area contributed by atoms with Gasteiger partial charge in [-0.15, -0.1) is 0 Å². The Hall–Kier alpha value is -3.63. The maximum absolute atomic E-state index is 12.6. The zero-order chi connectivity index (χ0) is 22.8. The number of anilines is 1. The Morgan fingerprint density at radius 3 is 2.61 bits per heavy atom. The summed E-state index contributed by atoms with van der Waals surface area (Å²) < 4.78 is 2.10. The van der Waals surface area contributed by atoms with Crippen molar-refractivity contribution >= 4 is 28.4 Å². The lowest BCUT2D eigenvalue weighted by atomic mass is 10.1. The molecule has 0 spiro atoms. The van der Waals surface area contributed by atoms with E-state index in [1.54, 1.807) is 6.08 Å². The molecule has 2 heterocycles. The molecule has 33 heavy (non-hydrogen) atoms. The van der Waals surface area contributed by atoms with E-state index in [2.05, 4.69) is 45.9 Å². The highest BCUT2D eigenvalue weighted by Gasteiger charge is 2.21. The largest absolute Gasteiger partial charge is 0.389 e. The number of fused-ring (bicyclic) bond motifs is 2. The van der Waals surface area contributed by atoms with Crippen molar-refractivity contribution in [2.24, 2.45) is 0 Å². The average molecular weight is 437 g/mol. The molecule has 1 aliphatic rings. The lowest BCUT2D eigenvalue weighted by Crippen LogP contribution is -2.33. The second-order valence-corrected chi connectivity index (χ2v) is 8.80. The van der Waals surface area contributed by atoms with Gasteiger partial charge in [-0.2, -0.15) is 0 Å². The monoisotopic (exact) mass is 436 g/mol. The molecule has 1 aromatic heterocycles. The van der Waals surface area contributed by atoms with Gasteiger partial charge in [0.2, 0.25) is 0 Å². The van der Waals surface area contributed by atoms with E-state index in [0.29, 0.717) is 18.7 Å². The molecule has 1 N–H and O–H groups in total. The second kappa shape index (κ2) is 9.08. The van der Waals surface area contributed by atoms with Gasteiger partial charge >= 0.3 is 0 Å². The number of aliphatic hydroxyl groups is 1. The van der Waals surface area contributed by atoms with E-state index in [4.69, 9.17) is 0 Å². The van der Waals surface area contributed by atoms with Crippen LogP contribution in [0, 0.1) is 6.92 Å². The van der Waals surface area contributed by atoms with E-state index in [-0.39, 0.29) is 5.78 Å². The van der Waals surface area contributed by atoms with Crippen LogP contribution in [0.25, 0.3) is 17.0 Å². The summed E-state index contributed by atoms with van der Waals surface area (Å²) in [6.07, 6.45) is 6.07. The fourth-order valence-corrected chi connectivity index (χ4v) is 4.67. The lowest BCUT2D eigenvalue weighted by Gasteiger charge is -2.23. The first-order valence-corrected chi connectivity index (χ1v) is 11.5. The Kier molecular flexibility index (Phi) is 5.84. The summed E-state index contributed by atoms with van der Waals surface area (Å²) >= 11 is 0. The molecule has 0 saturated carbocycles. The van der Waals surface area contributed by atoms with Crippen LogP contribution in [0.3, 0.4) is 0 Å². The molecule has 1 unspecified atom stereocenters. The smallest absolute Gasteiger partial charge is 0.185 e. The van der Waals surface area contributed by atoms with Gasteiger partial charge in [-0.1, -0.05) is 66.2 Å². The molecule has 4 heteroatoms. The van der Waals surface area contributed by atoms with Gasteiger partial charge in [0.25, 0.3) is 0 Å².